The molecule has 0 aliphatic rings. The summed E-state index contributed by atoms with van der Waals surface area (Å²) in [5.41, 5.74) is 0.294. The lowest BCUT2D eigenvalue weighted by atomic mass is 9.82. The molecular formula is C17H27F2NO. The Morgan fingerprint density at radius 1 is 1.19 bits per heavy atom. The molecule has 1 N–H and O–H groups in total. The summed E-state index contributed by atoms with van der Waals surface area (Å²) < 4.78 is 33.1. The van der Waals surface area contributed by atoms with E-state index in [9.17, 15) is 8.78 Å². The van der Waals surface area contributed by atoms with Gasteiger partial charge in [-0.2, -0.15) is 0 Å². The van der Waals surface area contributed by atoms with Gasteiger partial charge >= 0.3 is 0 Å². The zero-order chi connectivity index (χ0) is 16.0. The van der Waals surface area contributed by atoms with Gasteiger partial charge in [0.2, 0.25) is 0 Å². The van der Waals surface area contributed by atoms with Gasteiger partial charge in [0, 0.05) is 12.6 Å². The second kappa shape index (κ2) is 7.85. The Kier molecular flexibility index (Phi) is 6.75. The first-order valence-corrected chi connectivity index (χ1v) is 7.58. The molecule has 0 aromatic heterocycles. The van der Waals surface area contributed by atoms with E-state index in [-0.39, 0.29) is 23.4 Å². The normalized spacial score (nSPS) is 15.0. The Bertz CT molecular complexity index is 443. The number of halogens is 2. The van der Waals surface area contributed by atoms with Crippen LogP contribution in [0.4, 0.5) is 8.78 Å². The number of hydrogen-bond acceptors (Lipinski definition) is 2. The van der Waals surface area contributed by atoms with Gasteiger partial charge < -0.3 is 10.1 Å². The smallest absolute Gasteiger partial charge is 0.126 e. The second-order valence-electron chi connectivity index (χ2n) is 6.35. The summed E-state index contributed by atoms with van der Waals surface area (Å²) in [7, 11) is 0. The SMILES string of the molecule is CCNC(Cc1cc(F)ccc1F)C(OCC)C(C)(C)C. The van der Waals surface area contributed by atoms with E-state index in [1.165, 1.54) is 12.1 Å². The topological polar surface area (TPSA) is 21.3 Å². The predicted octanol–water partition coefficient (Wildman–Crippen LogP) is 3.94. The lowest BCUT2D eigenvalue weighted by Crippen LogP contribution is -2.49. The molecular weight excluding hydrogens is 272 g/mol. The second-order valence-corrected chi connectivity index (χ2v) is 6.35. The average molecular weight is 299 g/mol. The van der Waals surface area contributed by atoms with E-state index in [0.717, 1.165) is 12.6 Å². The van der Waals surface area contributed by atoms with E-state index in [1.807, 2.05) is 13.8 Å². The summed E-state index contributed by atoms with van der Waals surface area (Å²) in [4.78, 5) is 0. The first-order valence-electron chi connectivity index (χ1n) is 7.58. The predicted molar refractivity (Wildman–Crippen MR) is 82.4 cm³/mol. The highest BCUT2D eigenvalue weighted by Crippen LogP contribution is 2.27. The molecule has 0 saturated carbocycles. The van der Waals surface area contributed by atoms with Crippen LogP contribution in [0.1, 0.15) is 40.2 Å². The van der Waals surface area contributed by atoms with Crippen LogP contribution in [-0.2, 0) is 11.2 Å². The van der Waals surface area contributed by atoms with Crippen LogP contribution >= 0.6 is 0 Å². The lowest BCUT2D eigenvalue weighted by Gasteiger charge is -2.37. The van der Waals surface area contributed by atoms with Crippen molar-refractivity contribution in [3.8, 4) is 0 Å². The van der Waals surface area contributed by atoms with Crippen LogP contribution in [0, 0.1) is 17.0 Å². The van der Waals surface area contributed by atoms with Gasteiger partial charge in [-0.05, 0) is 49.1 Å². The van der Waals surface area contributed by atoms with Gasteiger partial charge in [-0.25, -0.2) is 8.78 Å². The van der Waals surface area contributed by atoms with Crippen molar-refractivity contribution >= 4 is 0 Å². The van der Waals surface area contributed by atoms with Crippen molar-refractivity contribution in [1.29, 1.82) is 0 Å². The third kappa shape index (κ3) is 5.36. The third-order valence-electron chi connectivity index (χ3n) is 3.48. The van der Waals surface area contributed by atoms with E-state index in [0.29, 0.717) is 18.6 Å². The first kappa shape index (κ1) is 18.1. The largest absolute Gasteiger partial charge is 0.376 e. The summed E-state index contributed by atoms with van der Waals surface area (Å²) in [6, 6.07) is 3.53. The molecule has 120 valence electrons. The zero-order valence-electron chi connectivity index (χ0n) is 13.7. The molecule has 1 aromatic rings. The highest BCUT2D eigenvalue weighted by Gasteiger charge is 2.33. The van der Waals surface area contributed by atoms with Gasteiger partial charge in [0.05, 0.1) is 6.10 Å². The summed E-state index contributed by atoms with van der Waals surface area (Å²) in [6.45, 7) is 11.6. The Morgan fingerprint density at radius 2 is 1.86 bits per heavy atom. The number of hydrogen-bond donors (Lipinski definition) is 1. The maximum absolute atomic E-state index is 13.9. The van der Waals surface area contributed by atoms with Crippen molar-refractivity contribution < 1.29 is 13.5 Å². The number of benzene rings is 1. The van der Waals surface area contributed by atoms with Crippen molar-refractivity contribution in [1.82, 2.24) is 5.32 Å². The lowest BCUT2D eigenvalue weighted by molar-refractivity contribution is -0.0353. The minimum absolute atomic E-state index is 0.0637. The number of ether oxygens (including phenoxy) is 1. The quantitative estimate of drug-likeness (QED) is 0.823. The maximum Gasteiger partial charge on any atom is 0.126 e. The number of rotatable bonds is 7. The fourth-order valence-corrected chi connectivity index (χ4v) is 2.63. The monoisotopic (exact) mass is 299 g/mol. The maximum atomic E-state index is 13.9. The zero-order valence-corrected chi connectivity index (χ0v) is 13.7. The molecule has 21 heavy (non-hydrogen) atoms. The van der Waals surface area contributed by atoms with Gasteiger partial charge in [0.25, 0.3) is 0 Å². The molecule has 0 radical (unpaired) electrons. The van der Waals surface area contributed by atoms with Crippen LogP contribution < -0.4 is 5.32 Å². The van der Waals surface area contributed by atoms with E-state index in [4.69, 9.17) is 4.74 Å². The fourth-order valence-electron chi connectivity index (χ4n) is 2.63. The molecule has 0 spiro atoms. The summed E-state index contributed by atoms with van der Waals surface area (Å²) in [6.07, 6.45) is 0.324. The Labute approximate surface area is 126 Å². The third-order valence-corrected chi connectivity index (χ3v) is 3.48. The molecule has 0 heterocycles. The van der Waals surface area contributed by atoms with E-state index >= 15 is 0 Å². The molecule has 2 unspecified atom stereocenters. The van der Waals surface area contributed by atoms with Crippen molar-refractivity contribution in [3.05, 3.63) is 35.4 Å². The highest BCUT2D eigenvalue weighted by molar-refractivity contribution is 5.20. The molecule has 0 aliphatic carbocycles. The van der Waals surface area contributed by atoms with Crippen molar-refractivity contribution in [2.75, 3.05) is 13.2 Å². The van der Waals surface area contributed by atoms with Crippen LogP contribution in [0.15, 0.2) is 18.2 Å². The van der Waals surface area contributed by atoms with E-state index in [2.05, 4.69) is 26.1 Å². The molecule has 1 rings (SSSR count). The van der Waals surface area contributed by atoms with Gasteiger partial charge in [0.15, 0.2) is 0 Å². The minimum Gasteiger partial charge on any atom is -0.376 e. The van der Waals surface area contributed by atoms with Crippen LogP contribution in [0.2, 0.25) is 0 Å². The Morgan fingerprint density at radius 3 is 2.38 bits per heavy atom. The molecule has 0 aliphatic heterocycles. The molecule has 0 saturated heterocycles. The summed E-state index contributed by atoms with van der Waals surface area (Å²) in [5.74, 6) is -0.783. The van der Waals surface area contributed by atoms with Crippen LogP contribution in [0.25, 0.3) is 0 Å². The summed E-state index contributed by atoms with van der Waals surface area (Å²) in [5, 5.41) is 3.36. The van der Waals surface area contributed by atoms with Gasteiger partial charge in [-0.1, -0.05) is 27.7 Å². The molecule has 4 heteroatoms. The van der Waals surface area contributed by atoms with Gasteiger partial charge in [-0.15, -0.1) is 0 Å². The number of nitrogens with one attached hydrogen (secondary N) is 1. The first-order chi connectivity index (χ1) is 9.79. The van der Waals surface area contributed by atoms with E-state index in [1.54, 1.807) is 0 Å². The molecule has 0 fully saturated rings. The van der Waals surface area contributed by atoms with Gasteiger partial charge in [-0.3, -0.25) is 0 Å². The number of likely N-dealkylation sites (N-methyl/N-ethyl adjacent to an activating group) is 1. The standard InChI is InChI=1S/C17H27F2NO/c1-6-20-15(16(21-7-2)17(3,4)5)11-12-10-13(18)8-9-14(12)19/h8-10,15-16,20H,6-7,11H2,1-5H3. The van der Waals surface area contributed by atoms with Crippen LogP contribution in [-0.4, -0.2) is 25.3 Å². The molecule has 1 aromatic carbocycles. The Hall–Kier alpha value is -1.00. The van der Waals surface area contributed by atoms with Crippen LogP contribution in [0.5, 0.6) is 0 Å². The minimum atomic E-state index is -0.412. The fraction of sp³-hybridized carbons (Fsp3) is 0.647. The van der Waals surface area contributed by atoms with Crippen molar-refractivity contribution in [2.24, 2.45) is 5.41 Å². The molecule has 0 bridgehead atoms. The summed E-state index contributed by atoms with van der Waals surface area (Å²) >= 11 is 0. The van der Waals surface area contributed by atoms with Gasteiger partial charge in [0.1, 0.15) is 11.6 Å². The van der Waals surface area contributed by atoms with E-state index < -0.39 is 5.82 Å². The van der Waals surface area contributed by atoms with Crippen LogP contribution in [0.3, 0.4) is 0 Å². The Balaban J connectivity index is 3.01. The molecule has 2 atom stereocenters. The van der Waals surface area contributed by atoms with Crippen molar-refractivity contribution in [2.45, 2.75) is 53.2 Å². The highest BCUT2D eigenvalue weighted by atomic mass is 19.1. The molecule has 2 nitrogen and oxygen atoms in total. The van der Waals surface area contributed by atoms with Crippen molar-refractivity contribution in [3.63, 3.8) is 0 Å². The molecule has 0 amide bonds. The average Bonchev–Trinajstić information content (AvgIpc) is 2.38.